The summed E-state index contributed by atoms with van der Waals surface area (Å²) in [6, 6.07) is 9.01. The Labute approximate surface area is 128 Å². The molecule has 0 unspecified atom stereocenters. The van der Waals surface area contributed by atoms with Crippen molar-refractivity contribution in [2.75, 3.05) is 20.3 Å². The van der Waals surface area contributed by atoms with Crippen LogP contribution in [0.15, 0.2) is 30.5 Å². The Kier molecular flexibility index (Phi) is 6.27. The highest BCUT2D eigenvalue weighted by Gasteiger charge is 2.07. The van der Waals surface area contributed by atoms with E-state index in [2.05, 4.69) is 54.2 Å². The molecule has 3 nitrogen and oxygen atoms in total. The Morgan fingerprint density at radius 1 is 1.19 bits per heavy atom. The van der Waals surface area contributed by atoms with Crippen molar-refractivity contribution in [1.29, 1.82) is 0 Å². The van der Waals surface area contributed by atoms with E-state index in [4.69, 9.17) is 4.74 Å². The zero-order chi connectivity index (χ0) is 15.1. The van der Waals surface area contributed by atoms with Crippen molar-refractivity contribution >= 4 is 10.9 Å². The van der Waals surface area contributed by atoms with Crippen LogP contribution in [-0.2, 0) is 17.8 Å². The molecule has 1 aromatic carbocycles. The lowest BCUT2D eigenvalue weighted by Gasteiger charge is -2.14. The first-order valence-corrected chi connectivity index (χ1v) is 8.05. The van der Waals surface area contributed by atoms with Gasteiger partial charge in [0.15, 0.2) is 0 Å². The number of hydrogen-bond acceptors (Lipinski definition) is 2. The van der Waals surface area contributed by atoms with Gasteiger partial charge in [0.1, 0.15) is 0 Å². The van der Waals surface area contributed by atoms with Crippen LogP contribution in [0, 0.1) is 5.92 Å². The summed E-state index contributed by atoms with van der Waals surface area (Å²) in [4.78, 5) is 0. The molecule has 0 atom stereocenters. The van der Waals surface area contributed by atoms with E-state index in [0.29, 0.717) is 0 Å². The predicted octanol–water partition coefficient (Wildman–Crippen LogP) is 3.81. The van der Waals surface area contributed by atoms with Gasteiger partial charge in [0, 0.05) is 38.5 Å². The molecule has 21 heavy (non-hydrogen) atoms. The van der Waals surface area contributed by atoms with E-state index < -0.39 is 0 Å². The number of rotatable bonds is 9. The molecule has 1 aromatic heterocycles. The van der Waals surface area contributed by atoms with Crippen LogP contribution in [0.25, 0.3) is 10.9 Å². The largest absolute Gasteiger partial charge is 0.383 e. The highest BCUT2D eigenvalue weighted by molar-refractivity contribution is 5.80. The Hall–Kier alpha value is -1.32. The summed E-state index contributed by atoms with van der Waals surface area (Å²) in [6.07, 6.45) is 4.72. The summed E-state index contributed by atoms with van der Waals surface area (Å²) in [6.45, 7) is 8.24. The summed E-state index contributed by atoms with van der Waals surface area (Å²) in [5.41, 5.74) is 2.68. The lowest BCUT2D eigenvalue weighted by molar-refractivity contribution is 0.199. The van der Waals surface area contributed by atoms with Crippen LogP contribution in [0.3, 0.4) is 0 Å². The van der Waals surface area contributed by atoms with E-state index in [1.807, 2.05) is 0 Å². The van der Waals surface area contributed by atoms with Crippen LogP contribution >= 0.6 is 0 Å². The minimum absolute atomic E-state index is 0.758. The highest BCUT2D eigenvalue weighted by Crippen LogP contribution is 2.20. The first-order chi connectivity index (χ1) is 10.3. The minimum atomic E-state index is 0.758. The van der Waals surface area contributed by atoms with Crippen LogP contribution in [0.4, 0.5) is 0 Å². The number of aromatic nitrogens is 1. The van der Waals surface area contributed by atoms with Gasteiger partial charge < -0.3 is 14.6 Å². The van der Waals surface area contributed by atoms with Gasteiger partial charge in [-0.05, 0) is 35.1 Å². The summed E-state index contributed by atoms with van der Waals surface area (Å²) in [7, 11) is 1.73. The van der Waals surface area contributed by atoms with Gasteiger partial charge in [-0.1, -0.05) is 32.8 Å². The molecular weight excluding hydrogens is 260 g/mol. The molecule has 2 rings (SSSR count). The van der Waals surface area contributed by atoms with Gasteiger partial charge >= 0.3 is 0 Å². The number of nitrogens with one attached hydrogen (secondary N) is 1. The number of ether oxygens (including phenoxy) is 1. The fourth-order valence-electron chi connectivity index (χ4n) is 2.75. The molecule has 0 aliphatic rings. The van der Waals surface area contributed by atoms with Gasteiger partial charge in [-0.2, -0.15) is 0 Å². The molecule has 0 bridgehead atoms. The number of fused-ring (bicyclic) bond motifs is 1. The summed E-state index contributed by atoms with van der Waals surface area (Å²) in [5.74, 6) is 0.774. The molecule has 1 heterocycles. The van der Waals surface area contributed by atoms with Crippen LogP contribution in [-0.4, -0.2) is 24.8 Å². The van der Waals surface area contributed by atoms with Crippen LogP contribution in [0.5, 0.6) is 0 Å². The summed E-state index contributed by atoms with van der Waals surface area (Å²) in [5, 5.41) is 4.73. The molecule has 0 fully saturated rings. The van der Waals surface area contributed by atoms with Crippen LogP contribution in [0.1, 0.15) is 32.3 Å². The summed E-state index contributed by atoms with van der Waals surface area (Å²) < 4.78 is 7.44. The molecule has 2 aromatic rings. The second-order valence-electron chi connectivity index (χ2n) is 5.71. The van der Waals surface area contributed by atoms with Crippen LogP contribution < -0.4 is 5.32 Å². The van der Waals surface area contributed by atoms with Gasteiger partial charge in [0.25, 0.3) is 0 Å². The molecule has 0 radical (unpaired) electrons. The van der Waals surface area contributed by atoms with E-state index in [1.54, 1.807) is 7.11 Å². The van der Waals surface area contributed by atoms with Crippen molar-refractivity contribution in [2.45, 2.75) is 39.8 Å². The fourth-order valence-corrected chi connectivity index (χ4v) is 2.75. The first kappa shape index (κ1) is 16.1. The molecule has 3 heteroatoms. The Morgan fingerprint density at radius 3 is 2.71 bits per heavy atom. The van der Waals surface area contributed by atoms with Crippen molar-refractivity contribution in [3.05, 3.63) is 36.0 Å². The van der Waals surface area contributed by atoms with Crippen molar-refractivity contribution in [1.82, 2.24) is 9.88 Å². The van der Waals surface area contributed by atoms with Gasteiger partial charge in [-0.25, -0.2) is 0 Å². The van der Waals surface area contributed by atoms with Crippen molar-refractivity contribution in [2.24, 2.45) is 5.92 Å². The number of benzene rings is 1. The Morgan fingerprint density at radius 2 is 2.00 bits per heavy atom. The Bertz CT molecular complexity index is 543. The monoisotopic (exact) mass is 288 g/mol. The van der Waals surface area contributed by atoms with Crippen LogP contribution in [0.2, 0.25) is 0 Å². The first-order valence-electron chi connectivity index (χ1n) is 8.05. The number of methoxy groups -OCH3 is 1. The van der Waals surface area contributed by atoms with Gasteiger partial charge in [0.05, 0.1) is 6.61 Å². The molecule has 1 N–H and O–H groups in total. The van der Waals surface area contributed by atoms with E-state index in [9.17, 15) is 0 Å². The average Bonchev–Trinajstić information content (AvgIpc) is 2.91. The van der Waals surface area contributed by atoms with E-state index >= 15 is 0 Å². The quantitative estimate of drug-likeness (QED) is 0.710. The third-order valence-corrected chi connectivity index (χ3v) is 4.26. The summed E-state index contributed by atoms with van der Waals surface area (Å²) >= 11 is 0. The van der Waals surface area contributed by atoms with E-state index in [0.717, 1.165) is 32.2 Å². The number of hydrogen-bond donors (Lipinski definition) is 1. The zero-order valence-corrected chi connectivity index (χ0v) is 13.6. The predicted molar refractivity (Wildman–Crippen MR) is 89.6 cm³/mol. The van der Waals surface area contributed by atoms with E-state index in [-0.39, 0.29) is 0 Å². The maximum atomic E-state index is 5.05. The standard InChI is InChI=1S/C18H28N2O/c1-4-15(5-2)14-20-10-8-17-12-16(6-7-18(17)20)13-19-9-11-21-3/h6-8,10,12,15,19H,4-5,9,11,13-14H2,1-3H3. The molecule has 0 saturated carbocycles. The van der Waals surface area contributed by atoms with E-state index in [1.165, 1.54) is 29.3 Å². The molecule has 0 spiro atoms. The molecule has 0 saturated heterocycles. The average molecular weight is 288 g/mol. The second kappa shape index (κ2) is 8.20. The maximum absolute atomic E-state index is 5.05. The maximum Gasteiger partial charge on any atom is 0.0587 e. The van der Waals surface area contributed by atoms with Crippen molar-refractivity contribution < 1.29 is 4.74 Å². The lowest BCUT2D eigenvalue weighted by Crippen LogP contribution is -2.18. The topological polar surface area (TPSA) is 26.2 Å². The van der Waals surface area contributed by atoms with Gasteiger partial charge in [-0.15, -0.1) is 0 Å². The normalized spacial score (nSPS) is 11.6. The third kappa shape index (κ3) is 4.32. The molecule has 0 amide bonds. The van der Waals surface area contributed by atoms with Crippen molar-refractivity contribution in [3.8, 4) is 0 Å². The fraction of sp³-hybridized carbons (Fsp3) is 0.556. The van der Waals surface area contributed by atoms with Crippen molar-refractivity contribution in [3.63, 3.8) is 0 Å². The smallest absolute Gasteiger partial charge is 0.0587 e. The molecule has 0 aliphatic heterocycles. The molecule has 116 valence electrons. The highest BCUT2D eigenvalue weighted by atomic mass is 16.5. The molecular formula is C18H28N2O. The molecule has 0 aliphatic carbocycles. The minimum Gasteiger partial charge on any atom is -0.383 e. The third-order valence-electron chi connectivity index (χ3n) is 4.26. The Balaban J connectivity index is 2.04. The zero-order valence-electron chi connectivity index (χ0n) is 13.6. The number of nitrogens with zero attached hydrogens (tertiary/aromatic N) is 1. The van der Waals surface area contributed by atoms with Gasteiger partial charge in [0.2, 0.25) is 0 Å². The van der Waals surface area contributed by atoms with Gasteiger partial charge in [-0.3, -0.25) is 0 Å². The second-order valence-corrected chi connectivity index (χ2v) is 5.71. The lowest BCUT2D eigenvalue weighted by atomic mass is 10.0. The SMILES string of the molecule is CCC(CC)Cn1ccc2cc(CNCCOC)ccc21.